The number of rotatable bonds is 10. The molecular weight excluding hydrogens is 522 g/mol. The van der Waals surface area contributed by atoms with E-state index < -0.39 is 17.7 Å². The predicted molar refractivity (Wildman–Crippen MR) is 155 cm³/mol. The van der Waals surface area contributed by atoms with E-state index >= 15 is 0 Å². The summed E-state index contributed by atoms with van der Waals surface area (Å²) in [6.45, 7) is 5.89. The molecule has 0 radical (unpaired) electrons. The summed E-state index contributed by atoms with van der Waals surface area (Å²) in [7, 11) is 1.55. The Hall–Kier alpha value is -4.46. The summed E-state index contributed by atoms with van der Waals surface area (Å²) in [5, 5.41) is 11.5. The fourth-order valence-corrected chi connectivity index (χ4v) is 5.08. The summed E-state index contributed by atoms with van der Waals surface area (Å²) in [6.07, 6.45) is 1.43. The van der Waals surface area contributed by atoms with Crippen molar-refractivity contribution in [2.24, 2.45) is 5.92 Å². The van der Waals surface area contributed by atoms with Crippen molar-refractivity contribution < 1.29 is 33.6 Å². The van der Waals surface area contributed by atoms with Crippen LogP contribution in [0.2, 0.25) is 0 Å². The number of likely N-dealkylation sites (tertiary alicyclic amines) is 1. The van der Waals surface area contributed by atoms with Crippen LogP contribution in [-0.2, 0) is 16.0 Å². The van der Waals surface area contributed by atoms with E-state index in [2.05, 4.69) is 13.8 Å². The van der Waals surface area contributed by atoms with Gasteiger partial charge in [-0.05, 0) is 60.2 Å². The van der Waals surface area contributed by atoms with E-state index in [4.69, 9.17) is 18.9 Å². The molecule has 0 aromatic heterocycles. The molecule has 5 rings (SSSR count). The van der Waals surface area contributed by atoms with Crippen molar-refractivity contribution in [2.75, 3.05) is 33.5 Å². The Kier molecular flexibility index (Phi) is 8.47. The summed E-state index contributed by atoms with van der Waals surface area (Å²) in [4.78, 5) is 28.5. The molecular formula is C33H35NO7. The zero-order chi connectivity index (χ0) is 28.9. The lowest BCUT2D eigenvalue weighted by Crippen LogP contribution is -2.31. The van der Waals surface area contributed by atoms with Crippen LogP contribution in [0.25, 0.3) is 5.76 Å². The fraction of sp³-hybridized carbons (Fsp3) is 0.333. The first kappa shape index (κ1) is 28.1. The molecule has 2 aliphatic heterocycles. The molecule has 2 aliphatic rings. The van der Waals surface area contributed by atoms with Gasteiger partial charge in [-0.3, -0.25) is 9.59 Å². The Labute approximate surface area is 240 Å². The molecule has 41 heavy (non-hydrogen) atoms. The van der Waals surface area contributed by atoms with Crippen LogP contribution in [-0.4, -0.2) is 55.2 Å². The molecule has 2 heterocycles. The number of amides is 1. The average Bonchev–Trinajstić information content (AvgIpc) is 3.24. The number of fused-ring (bicyclic) bond motifs is 1. The van der Waals surface area contributed by atoms with Gasteiger partial charge in [0.15, 0.2) is 23.0 Å². The van der Waals surface area contributed by atoms with E-state index in [0.29, 0.717) is 66.3 Å². The van der Waals surface area contributed by atoms with E-state index in [0.717, 1.165) is 12.0 Å². The van der Waals surface area contributed by atoms with Crippen LogP contribution in [0.1, 0.15) is 43.0 Å². The molecule has 8 heteroatoms. The Morgan fingerprint density at radius 1 is 0.976 bits per heavy atom. The van der Waals surface area contributed by atoms with E-state index in [9.17, 15) is 14.7 Å². The Morgan fingerprint density at radius 2 is 1.73 bits per heavy atom. The van der Waals surface area contributed by atoms with Gasteiger partial charge in [0.05, 0.1) is 25.3 Å². The van der Waals surface area contributed by atoms with Crippen LogP contribution in [0.5, 0.6) is 23.0 Å². The van der Waals surface area contributed by atoms with Crippen LogP contribution in [0.4, 0.5) is 0 Å². The molecule has 3 aromatic carbocycles. The van der Waals surface area contributed by atoms with Gasteiger partial charge in [0.25, 0.3) is 11.7 Å². The van der Waals surface area contributed by atoms with Gasteiger partial charge in [0.1, 0.15) is 19.0 Å². The number of hydrogen-bond donors (Lipinski definition) is 1. The second-order valence-corrected chi connectivity index (χ2v) is 10.5. The lowest BCUT2D eigenvalue weighted by molar-refractivity contribution is -0.139. The Balaban J connectivity index is 1.55. The molecule has 1 atom stereocenters. The first-order valence-corrected chi connectivity index (χ1v) is 13.9. The molecule has 8 nitrogen and oxygen atoms in total. The summed E-state index contributed by atoms with van der Waals surface area (Å²) in [5.74, 6) is 0.899. The van der Waals surface area contributed by atoms with Crippen molar-refractivity contribution in [1.29, 1.82) is 0 Å². The van der Waals surface area contributed by atoms with Crippen molar-refractivity contribution in [3.05, 3.63) is 89.0 Å². The number of carbonyl (C=O) groups excluding carboxylic acids is 2. The molecule has 0 spiro atoms. The number of carbonyl (C=O) groups is 2. The number of ketones is 1. The van der Waals surface area contributed by atoms with Crippen LogP contribution >= 0.6 is 0 Å². The SMILES string of the molecule is COc1cc(C2/C(=C(/O)c3ccc4c(c3)OCCO4)C(=O)C(=O)N2CCc2ccccc2)ccc1OCCC(C)C. The van der Waals surface area contributed by atoms with Crippen LogP contribution in [0, 0.1) is 5.92 Å². The first-order chi connectivity index (χ1) is 19.9. The van der Waals surface area contributed by atoms with Gasteiger partial charge >= 0.3 is 0 Å². The smallest absolute Gasteiger partial charge is 0.295 e. The van der Waals surface area contributed by atoms with E-state index in [-0.39, 0.29) is 17.9 Å². The van der Waals surface area contributed by atoms with Crippen molar-refractivity contribution in [1.82, 2.24) is 4.90 Å². The van der Waals surface area contributed by atoms with Crippen molar-refractivity contribution in [3.63, 3.8) is 0 Å². The average molecular weight is 558 g/mol. The van der Waals surface area contributed by atoms with Gasteiger partial charge < -0.3 is 29.0 Å². The highest BCUT2D eigenvalue weighted by molar-refractivity contribution is 6.46. The summed E-state index contributed by atoms with van der Waals surface area (Å²) in [6, 6.07) is 19.3. The Bertz CT molecular complexity index is 1450. The molecule has 1 amide bonds. The minimum Gasteiger partial charge on any atom is -0.507 e. The third kappa shape index (κ3) is 6.01. The minimum atomic E-state index is -0.828. The molecule has 0 aliphatic carbocycles. The number of methoxy groups -OCH3 is 1. The minimum absolute atomic E-state index is 0.00951. The molecule has 1 fully saturated rings. The molecule has 1 N–H and O–H groups in total. The van der Waals surface area contributed by atoms with E-state index in [1.807, 2.05) is 36.4 Å². The topological polar surface area (TPSA) is 94.5 Å². The highest BCUT2D eigenvalue weighted by atomic mass is 16.6. The maximum absolute atomic E-state index is 13.5. The third-order valence-electron chi connectivity index (χ3n) is 7.30. The summed E-state index contributed by atoms with van der Waals surface area (Å²) < 4.78 is 22.9. The van der Waals surface area contributed by atoms with Gasteiger partial charge in [-0.2, -0.15) is 0 Å². The quantitative estimate of drug-likeness (QED) is 0.198. The maximum Gasteiger partial charge on any atom is 0.295 e. The largest absolute Gasteiger partial charge is 0.507 e. The highest BCUT2D eigenvalue weighted by Crippen LogP contribution is 2.43. The third-order valence-corrected chi connectivity index (χ3v) is 7.30. The number of ether oxygens (including phenoxy) is 4. The maximum atomic E-state index is 13.5. The number of aliphatic hydroxyl groups is 1. The number of nitrogens with zero attached hydrogens (tertiary/aromatic N) is 1. The first-order valence-electron chi connectivity index (χ1n) is 13.9. The normalized spacial score (nSPS) is 17.7. The van der Waals surface area contributed by atoms with Crippen LogP contribution in [0.15, 0.2) is 72.3 Å². The fourth-order valence-electron chi connectivity index (χ4n) is 5.08. The van der Waals surface area contributed by atoms with E-state index in [1.54, 1.807) is 37.4 Å². The highest BCUT2D eigenvalue weighted by Gasteiger charge is 2.46. The number of aliphatic hydroxyl groups excluding tert-OH is 1. The van der Waals surface area contributed by atoms with Gasteiger partial charge in [-0.1, -0.05) is 50.2 Å². The lowest BCUT2D eigenvalue weighted by Gasteiger charge is -2.26. The summed E-state index contributed by atoms with van der Waals surface area (Å²) >= 11 is 0. The van der Waals surface area contributed by atoms with Gasteiger partial charge in [-0.25, -0.2) is 0 Å². The van der Waals surface area contributed by atoms with Crippen molar-refractivity contribution in [3.8, 4) is 23.0 Å². The van der Waals surface area contributed by atoms with Gasteiger partial charge in [0, 0.05) is 12.1 Å². The number of hydrogen-bond acceptors (Lipinski definition) is 7. The van der Waals surface area contributed by atoms with Gasteiger partial charge in [0.2, 0.25) is 0 Å². The van der Waals surface area contributed by atoms with Crippen LogP contribution in [0.3, 0.4) is 0 Å². The molecule has 3 aromatic rings. The molecule has 0 saturated carbocycles. The van der Waals surface area contributed by atoms with Crippen LogP contribution < -0.4 is 18.9 Å². The standard InChI is InChI=1S/C33H35NO7/c1-21(2)14-16-39-25-11-9-23(19-27(25)38-3)30-29(31(35)24-10-12-26-28(20-24)41-18-17-40-26)32(36)33(37)34(30)15-13-22-7-5-4-6-8-22/h4-12,19-21,30,35H,13-18H2,1-3H3/b31-29-. The molecule has 214 valence electrons. The van der Waals surface area contributed by atoms with E-state index in [1.165, 1.54) is 4.90 Å². The van der Waals surface area contributed by atoms with Gasteiger partial charge in [-0.15, -0.1) is 0 Å². The number of benzene rings is 3. The number of Topliss-reactive ketones (excluding diaryl/α,β-unsaturated/α-hetero) is 1. The zero-order valence-corrected chi connectivity index (χ0v) is 23.6. The lowest BCUT2D eigenvalue weighted by atomic mass is 9.94. The second kappa shape index (κ2) is 12.4. The van der Waals surface area contributed by atoms with Crippen molar-refractivity contribution >= 4 is 17.4 Å². The Morgan fingerprint density at radius 3 is 2.46 bits per heavy atom. The second-order valence-electron chi connectivity index (χ2n) is 10.5. The zero-order valence-electron chi connectivity index (χ0n) is 23.6. The van der Waals surface area contributed by atoms with Crippen molar-refractivity contribution in [2.45, 2.75) is 32.7 Å². The molecule has 0 bridgehead atoms. The molecule has 1 saturated heterocycles. The molecule has 1 unspecified atom stereocenters. The predicted octanol–water partition coefficient (Wildman–Crippen LogP) is 5.56. The summed E-state index contributed by atoms with van der Waals surface area (Å²) in [5.41, 5.74) is 2.03. The monoisotopic (exact) mass is 557 g/mol.